The Morgan fingerprint density at radius 3 is 2.47 bits per heavy atom. The zero-order valence-electron chi connectivity index (χ0n) is 10.2. The summed E-state index contributed by atoms with van der Waals surface area (Å²) in [6, 6.07) is 0. The van der Waals surface area contributed by atoms with Crippen LogP contribution in [0.2, 0.25) is 0 Å². The number of thiocarbonyl (C=S) groups is 1. The van der Waals surface area contributed by atoms with Crippen LogP contribution in [0.4, 0.5) is 0 Å². The monoisotopic (exact) mass is 256 g/mol. The van der Waals surface area contributed by atoms with Crippen molar-refractivity contribution in [3.8, 4) is 0 Å². The van der Waals surface area contributed by atoms with E-state index in [0.29, 0.717) is 23.4 Å². The molecular weight excluding hydrogens is 236 g/mol. The summed E-state index contributed by atoms with van der Waals surface area (Å²) < 4.78 is 5.51. The van der Waals surface area contributed by atoms with Crippen LogP contribution < -0.4 is 5.73 Å². The van der Waals surface area contributed by atoms with Crippen molar-refractivity contribution in [1.29, 1.82) is 0 Å². The van der Waals surface area contributed by atoms with E-state index in [1.165, 1.54) is 0 Å². The maximum absolute atomic E-state index is 12.2. The van der Waals surface area contributed by atoms with Gasteiger partial charge in [-0.05, 0) is 25.2 Å². The number of hydrogen-bond donors (Lipinski definition) is 1. The summed E-state index contributed by atoms with van der Waals surface area (Å²) in [5, 5.41) is 0. The van der Waals surface area contributed by atoms with Crippen LogP contribution in [-0.4, -0.2) is 41.6 Å². The van der Waals surface area contributed by atoms with Crippen LogP contribution in [0.3, 0.4) is 0 Å². The Labute approximate surface area is 107 Å². The molecule has 2 atom stereocenters. The van der Waals surface area contributed by atoms with Crippen LogP contribution >= 0.6 is 12.2 Å². The Morgan fingerprint density at radius 1 is 1.35 bits per heavy atom. The van der Waals surface area contributed by atoms with Gasteiger partial charge >= 0.3 is 0 Å². The summed E-state index contributed by atoms with van der Waals surface area (Å²) in [5.41, 5.74) is 5.64. The van der Waals surface area contributed by atoms with Crippen molar-refractivity contribution in [3.05, 3.63) is 0 Å². The van der Waals surface area contributed by atoms with Gasteiger partial charge in [0.25, 0.3) is 5.91 Å². The molecule has 2 N–H and O–H groups in total. The maximum atomic E-state index is 12.2. The Balaban J connectivity index is 1.88. The summed E-state index contributed by atoms with van der Waals surface area (Å²) in [7, 11) is 0. The topological polar surface area (TPSA) is 55.6 Å². The van der Waals surface area contributed by atoms with Gasteiger partial charge in [0.05, 0.1) is 4.99 Å². The lowest BCUT2D eigenvalue weighted by Crippen LogP contribution is -2.46. The van der Waals surface area contributed by atoms with Gasteiger partial charge in [-0.15, -0.1) is 0 Å². The highest BCUT2D eigenvalue weighted by atomic mass is 32.1. The van der Waals surface area contributed by atoms with E-state index >= 15 is 0 Å². The molecule has 0 spiro atoms. The molecule has 17 heavy (non-hydrogen) atoms. The van der Waals surface area contributed by atoms with Gasteiger partial charge in [0.2, 0.25) is 0 Å². The van der Waals surface area contributed by atoms with E-state index in [1.54, 1.807) is 0 Å². The van der Waals surface area contributed by atoms with Crippen molar-refractivity contribution in [2.75, 3.05) is 19.7 Å². The SMILES string of the molecule is CC1CCOC1C(=O)N1CCC(C(N)=S)CC1. The fraction of sp³-hybridized carbons (Fsp3) is 0.833. The van der Waals surface area contributed by atoms with Gasteiger partial charge in [-0.2, -0.15) is 0 Å². The fourth-order valence-corrected chi connectivity index (χ4v) is 2.81. The van der Waals surface area contributed by atoms with Crippen LogP contribution in [0.25, 0.3) is 0 Å². The number of carbonyl (C=O) groups excluding carboxylic acids is 1. The first kappa shape index (κ1) is 12.8. The molecule has 0 aromatic carbocycles. The largest absolute Gasteiger partial charge is 0.393 e. The summed E-state index contributed by atoms with van der Waals surface area (Å²) in [6.45, 7) is 4.30. The molecule has 0 bridgehead atoms. The molecule has 2 heterocycles. The average Bonchev–Trinajstić information content (AvgIpc) is 2.74. The zero-order valence-corrected chi connectivity index (χ0v) is 11.0. The average molecular weight is 256 g/mol. The predicted octanol–water partition coefficient (Wildman–Crippen LogP) is 0.936. The number of nitrogens with two attached hydrogens (primary N) is 1. The second-order valence-corrected chi connectivity index (χ2v) is 5.53. The molecule has 5 heteroatoms. The summed E-state index contributed by atoms with van der Waals surface area (Å²) in [6.07, 6.45) is 2.54. The summed E-state index contributed by atoms with van der Waals surface area (Å²) >= 11 is 5.00. The number of hydrogen-bond acceptors (Lipinski definition) is 3. The highest BCUT2D eigenvalue weighted by Crippen LogP contribution is 2.24. The smallest absolute Gasteiger partial charge is 0.251 e. The van der Waals surface area contributed by atoms with E-state index < -0.39 is 0 Å². The molecule has 2 unspecified atom stereocenters. The molecule has 0 aromatic rings. The van der Waals surface area contributed by atoms with Gasteiger partial charge < -0.3 is 15.4 Å². The van der Waals surface area contributed by atoms with Crippen molar-refractivity contribution in [3.63, 3.8) is 0 Å². The van der Waals surface area contributed by atoms with Crippen LogP contribution in [0.1, 0.15) is 26.2 Å². The molecule has 0 radical (unpaired) electrons. The van der Waals surface area contributed by atoms with Crippen molar-refractivity contribution >= 4 is 23.1 Å². The second-order valence-electron chi connectivity index (χ2n) is 5.06. The second kappa shape index (κ2) is 5.31. The minimum absolute atomic E-state index is 0.149. The molecule has 0 aliphatic carbocycles. The lowest BCUT2D eigenvalue weighted by atomic mass is 9.95. The first-order valence-electron chi connectivity index (χ1n) is 6.29. The molecule has 1 amide bonds. The van der Waals surface area contributed by atoms with E-state index in [2.05, 4.69) is 6.92 Å². The van der Waals surface area contributed by atoms with Crippen LogP contribution in [0.5, 0.6) is 0 Å². The Kier molecular flexibility index (Phi) is 3.99. The Bertz CT molecular complexity index is 314. The molecule has 96 valence electrons. The highest BCUT2D eigenvalue weighted by molar-refractivity contribution is 7.80. The molecule has 2 fully saturated rings. The van der Waals surface area contributed by atoms with Gasteiger partial charge in [0.1, 0.15) is 6.10 Å². The minimum Gasteiger partial charge on any atom is -0.393 e. The normalized spacial score (nSPS) is 30.5. The van der Waals surface area contributed by atoms with E-state index in [1.807, 2.05) is 4.90 Å². The van der Waals surface area contributed by atoms with Gasteiger partial charge in [-0.1, -0.05) is 19.1 Å². The van der Waals surface area contributed by atoms with Crippen molar-refractivity contribution in [2.24, 2.45) is 17.6 Å². The quantitative estimate of drug-likeness (QED) is 0.747. The number of rotatable bonds is 2. The number of piperidine rings is 1. The Morgan fingerprint density at radius 2 is 2.00 bits per heavy atom. The third-order valence-electron chi connectivity index (χ3n) is 3.84. The third kappa shape index (κ3) is 2.77. The number of amides is 1. The van der Waals surface area contributed by atoms with Crippen molar-refractivity contribution in [1.82, 2.24) is 4.90 Å². The fourth-order valence-electron chi connectivity index (χ4n) is 2.58. The molecule has 0 aromatic heterocycles. The number of likely N-dealkylation sites (tertiary alicyclic amines) is 1. The van der Waals surface area contributed by atoms with Crippen LogP contribution in [-0.2, 0) is 9.53 Å². The number of carbonyl (C=O) groups is 1. The molecular formula is C12H20N2O2S. The van der Waals surface area contributed by atoms with Gasteiger partial charge in [0, 0.05) is 25.6 Å². The predicted molar refractivity (Wildman–Crippen MR) is 69.6 cm³/mol. The van der Waals surface area contributed by atoms with Crippen LogP contribution in [0, 0.1) is 11.8 Å². The summed E-state index contributed by atoms with van der Waals surface area (Å²) in [5.74, 6) is 0.795. The van der Waals surface area contributed by atoms with Gasteiger partial charge in [0.15, 0.2) is 0 Å². The first-order valence-corrected chi connectivity index (χ1v) is 6.70. The minimum atomic E-state index is -0.226. The third-order valence-corrected chi connectivity index (χ3v) is 4.17. The van der Waals surface area contributed by atoms with E-state index in [0.717, 1.165) is 32.4 Å². The molecule has 2 rings (SSSR count). The van der Waals surface area contributed by atoms with Crippen LogP contribution in [0.15, 0.2) is 0 Å². The Hall–Kier alpha value is -0.680. The van der Waals surface area contributed by atoms with Crippen molar-refractivity contribution in [2.45, 2.75) is 32.3 Å². The van der Waals surface area contributed by atoms with Gasteiger partial charge in [-0.3, -0.25) is 4.79 Å². The molecule has 2 aliphatic rings. The van der Waals surface area contributed by atoms with Gasteiger partial charge in [-0.25, -0.2) is 0 Å². The maximum Gasteiger partial charge on any atom is 0.251 e. The molecule has 2 saturated heterocycles. The first-order chi connectivity index (χ1) is 8.09. The zero-order chi connectivity index (χ0) is 12.4. The highest BCUT2D eigenvalue weighted by Gasteiger charge is 2.35. The molecule has 0 saturated carbocycles. The van der Waals surface area contributed by atoms with E-state index in [4.69, 9.17) is 22.7 Å². The number of ether oxygens (including phenoxy) is 1. The standard InChI is InChI=1S/C12H20N2O2S/c1-8-4-7-16-10(8)12(15)14-5-2-9(3-6-14)11(13)17/h8-10H,2-7H2,1H3,(H2,13,17). The lowest BCUT2D eigenvalue weighted by molar-refractivity contribution is -0.143. The molecule has 4 nitrogen and oxygen atoms in total. The van der Waals surface area contributed by atoms with Crippen molar-refractivity contribution < 1.29 is 9.53 Å². The summed E-state index contributed by atoms with van der Waals surface area (Å²) in [4.78, 5) is 14.7. The number of nitrogens with zero attached hydrogens (tertiary/aromatic N) is 1. The lowest BCUT2D eigenvalue weighted by Gasteiger charge is -2.33. The molecule has 2 aliphatic heterocycles. The van der Waals surface area contributed by atoms with E-state index in [9.17, 15) is 4.79 Å². The van der Waals surface area contributed by atoms with E-state index in [-0.39, 0.29) is 12.0 Å².